The number of phenols is 1. The van der Waals surface area contributed by atoms with E-state index in [1.807, 2.05) is 60.7 Å². The van der Waals surface area contributed by atoms with E-state index >= 15 is 0 Å². The Balaban J connectivity index is 0.00000176. The van der Waals surface area contributed by atoms with Gasteiger partial charge in [0, 0.05) is 15.9 Å². The van der Waals surface area contributed by atoms with Crippen molar-refractivity contribution in [3.8, 4) is 5.75 Å². The Morgan fingerprint density at radius 1 is 0.591 bits per heavy atom. The summed E-state index contributed by atoms with van der Waals surface area (Å²) in [5, 5.41) is 11.8. The van der Waals surface area contributed by atoms with Crippen molar-refractivity contribution in [1.82, 2.24) is 0 Å². The number of hydrogen-bond acceptors (Lipinski definition) is 2. The first kappa shape index (κ1) is 16.7. The van der Waals surface area contributed by atoms with Gasteiger partial charge >= 0.3 is 18.9 Å². The number of aromatic hydroxyl groups is 1. The monoisotopic (exact) mass is 302 g/mol. The first-order valence-corrected chi connectivity index (χ1v) is 8.43. The van der Waals surface area contributed by atoms with Gasteiger partial charge < -0.3 is 9.67 Å². The van der Waals surface area contributed by atoms with E-state index in [-0.39, 0.29) is 24.6 Å². The van der Waals surface area contributed by atoms with E-state index in [2.05, 4.69) is 0 Å². The molecular weight excluding hydrogens is 286 g/mol. The Kier molecular flexibility index (Phi) is 5.32. The molecule has 2 nitrogen and oxygen atoms in total. The quantitative estimate of drug-likeness (QED) is 0.596. The van der Waals surface area contributed by atoms with Crippen molar-refractivity contribution in [3.05, 3.63) is 84.9 Å². The van der Waals surface area contributed by atoms with Crippen LogP contribution >= 0.6 is 7.14 Å². The molecule has 0 fully saturated rings. The number of hydrogen-bond donors (Lipinski definition) is 1. The van der Waals surface area contributed by atoms with Crippen LogP contribution in [0.2, 0.25) is 0 Å². The van der Waals surface area contributed by atoms with Crippen LogP contribution in [0.5, 0.6) is 5.75 Å². The second kappa shape index (κ2) is 7.03. The fourth-order valence-corrected chi connectivity index (χ4v) is 5.03. The van der Waals surface area contributed by atoms with E-state index in [1.54, 1.807) is 24.3 Å². The van der Waals surface area contributed by atoms with Crippen molar-refractivity contribution < 1.29 is 9.67 Å². The van der Waals surface area contributed by atoms with Crippen LogP contribution in [0.1, 0.15) is 0 Å². The van der Waals surface area contributed by atoms with Crippen LogP contribution in [0.3, 0.4) is 0 Å². The summed E-state index contributed by atoms with van der Waals surface area (Å²) in [6.45, 7) is 0. The first-order chi connectivity index (χ1) is 10.2. The van der Waals surface area contributed by atoms with Crippen molar-refractivity contribution in [2.75, 3.05) is 0 Å². The van der Waals surface area contributed by atoms with E-state index in [1.165, 1.54) is 0 Å². The Morgan fingerprint density at radius 3 is 1.36 bits per heavy atom. The predicted molar refractivity (Wildman–Crippen MR) is 94.6 cm³/mol. The molecule has 3 aromatic carbocycles. The molecule has 3 rings (SSSR count). The third-order valence-corrected chi connectivity index (χ3v) is 6.53. The van der Waals surface area contributed by atoms with Crippen LogP contribution in [-0.4, -0.2) is 24.0 Å². The van der Waals surface area contributed by atoms with Crippen LogP contribution in [-0.2, 0) is 4.57 Å². The number of phenolic OH excluding ortho intramolecular Hbond substituents is 1. The van der Waals surface area contributed by atoms with Crippen molar-refractivity contribution in [2.45, 2.75) is 0 Å². The minimum absolute atomic E-state index is 0. The molecule has 0 spiro atoms. The van der Waals surface area contributed by atoms with Gasteiger partial charge in [-0.25, -0.2) is 0 Å². The molecule has 3 aromatic rings. The molecule has 0 aromatic heterocycles. The summed E-state index contributed by atoms with van der Waals surface area (Å²) in [5.41, 5.74) is 0. The molecule has 106 valence electrons. The van der Waals surface area contributed by atoms with Gasteiger partial charge in [0.05, 0.1) is 0 Å². The van der Waals surface area contributed by atoms with Crippen molar-refractivity contribution >= 4 is 41.9 Å². The third kappa shape index (κ3) is 3.06. The predicted octanol–water partition coefficient (Wildman–Crippen LogP) is 2.38. The second-order valence-electron chi connectivity index (χ2n) is 4.80. The van der Waals surface area contributed by atoms with Crippen LogP contribution < -0.4 is 15.9 Å². The summed E-state index contributed by atoms with van der Waals surface area (Å²) in [5.74, 6) is 0.173. The van der Waals surface area contributed by atoms with Crippen molar-refractivity contribution in [2.24, 2.45) is 0 Å². The zero-order valence-corrected chi connectivity index (χ0v) is 12.3. The summed E-state index contributed by atoms with van der Waals surface area (Å²) < 4.78 is 13.8. The first-order valence-electron chi connectivity index (χ1n) is 6.72. The van der Waals surface area contributed by atoms with Gasteiger partial charge in [-0.2, -0.15) is 0 Å². The fourth-order valence-electron chi connectivity index (χ4n) is 2.39. The molecule has 0 radical (unpaired) electrons. The van der Waals surface area contributed by atoms with Gasteiger partial charge in [0.15, 0.2) is 7.14 Å². The minimum atomic E-state index is -2.91. The molecule has 0 saturated carbocycles. The molecule has 0 saturated heterocycles. The van der Waals surface area contributed by atoms with Crippen molar-refractivity contribution in [3.63, 3.8) is 0 Å². The number of rotatable bonds is 3. The van der Waals surface area contributed by atoms with E-state index in [0.717, 1.165) is 15.9 Å². The van der Waals surface area contributed by atoms with Crippen LogP contribution in [0.4, 0.5) is 0 Å². The Morgan fingerprint density at radius 2 is 0.955 bits per heavy atom. The maximum absolute atomic E-state index is 13.8. The maximum atomic E-state index is 13.8. The molecule has 0 aliphatic rings. The van der Waals surface area contributed by atoms with Crippen LogP contribution in [0, 0.1) is 0 Å². The topological polar surface area (TPSA) is 37.3 Å². The molecule has 22 heavy (non-hydrogen) atoms. The second-order valence-corrected chi connectivity index (χ2v) is 7.56. The van der Waals surface area contributed by atoms with Crippen LogP contribution in [0.25, 0.3) is 0 Å². The normalized spacial score (nSPS) is 10.7. The number of benzene rings is 3. The van der Waals surface area contributed by atoms with E-state index in [0.29, 0.717) is 0 Å². The summed E-state index contributed by atoms with van der Waals surface area (Å²) >= 11 is 0. The molecule has 1 N–H and O–H groups in total. The third-order valence-electron chi connectivity index (χ3n) is 3.45. The molecule has 0 unspecified atom stereocenters. The fraction of sp³-hybridized carbons (Fsp3) is 0. The summed E-state index contributed by atoms with van der Waals surface area (Å²) in [6, 6.07) is 25.6. The van der Waals surface area contributed by atoms with E-state index in [9.17, 15) is 9.67 Å². The van der Waals surface area contributed by atoms with Gasteiger partial charge in [-0.1, -0.05) is 60.7 Å². The van der Waals surface area contributed by atoms with Gasteiger partial charge in [-0.15, -0.1) is 0 Å². The Hall–Kier alpha value is -1.71. The Bertz CT molecular complexity index is 728. The average molecular weight is 302 g/mol. The molecule has 4 heteroatoms. The molecule has 0 atom stereocenters. The molecule has 0 bridgehead atoms. The van der Waals surface area contributed by atoms with Crippen LogP contribution in [0.15, 0.2) is 84.9 Å². The van der Waals surface area contributed by atoms with Gasteiger partial charge in [0.2, 0.25) is 0 Å². The summed E-state index contributed by atoms with van der Waals surface area (Å²) in [7, 11) is -2.91. The molecular formula is C18H16LiO2P. The average Bonchev–Trinajstić information content (AvgIpc) is 2.56. The SMILES string of the molecule is O=P(c1ccccc1)(c1ccccc1)c1ccc(O)cc1.[LiH]. The van der Waals surface area contributed by atoms with Crippen molar-refractivity contribution in [1.29, 1.82) is 0 Å². The molecule has 0 amide bonds. The zero-order chi connectivity index (χ0) is 14.7. The zero-order valence-electron chi connectivity index (χ0n) is 11.4. The van der Waals surface area contributed by atoms with E-state index < -0.39 is 7.14 Å². The van der Waals surface area contributed by atoms with Gasteiger partial charge in [-0.3, -0.25) is 0 Å². The standard InChI is InChI=1S/C18H15O2P.Li.H/c19-15-11-13-18(14-12-15)21(20,16-7-3-1-4-8-16)17-9-5-2-6-10-17;;/h1-14,19H;;. The molecule has 0 heterocycles. The van der Waals surface area contributed by atoms with E-state index in [4.69, 9.17) is 0 Å². The van der Waals surface area contributed by atoms with Gasteiger partial charge in [0.1, 0.15) is 5.75 Å². The van der Waals surface area contributed by atoms with Gasteiger partial charge in [0.25, 0.3) is 0 Å². The molecule has 0 aliphatic carbocycles. The molecule has 0 aliphatic heterocycles. The summed E-state index contributed by atoms with van der Waals surface area (Å²) in [4.78, 5) is 0. The summed E-state index contributed by atoms with van der Waals surface area (Å²) in [6.07, 6.45) is 0. The van der Waals surface area contributed by atoms with Gasteiger partial charge in [-0.05, 0) is 24.3 Å². The Labute approximate surface area is 142 Å².